The van der Waals surface area contributed by atoms with Crippen molar-refractivity contribution in [3.63, 3.8) is 0 Å². The third kappa shape index (κ3) is 2.27. The minimum absolute atomic E-state index is 0.154. The maximum atomic E-state index is 12.3. The molecule has 0 aliphatic carbocycles. The summed E-state index contributed by atoms with van der Waals surface area (Å²) in [6, 6.07) is 6.95. The second-order valence-electron chi connectivity index (χ2n) is 4.88. The average Bonchev–Trinajstić information content (AvgIpc) is 2.92. The Morgan fingerprint density at radius 3 is 2.81 bits per heavy atom. The van der Waals surface area contributed by atoms with Gasteiger partial charge in [-0.25, -0.2) is 0 Å². The van der Waals surface area contributed by atoms with E-state index in [0.29, 0.717) is 5.69 Å². The number of alkyl halides is 3. The molecule has 112 valence electrons. The quantitative estimate of drug-likeness (QED) is 0.911. The van der Waals surface area contributed by atoms with Crippen molar-refractivity contribution in [2.24, 2.45) is 0 Å². The van der Waals surface area contributed by atoms with Crippen molar-refractivity contribution in [1.82, 2.24) is 5.32 Å². The number of anilines is 1. The van der Waals surface area contributed by atoms with Gasteiger partial charge in [-0.1, -0.05) is 23.9 Å². The van der Waals surface area contributed by atoms with Crippen LogP contribution in [0.4, 0.5) is 18.9 Å². The van der Waals surface area contributed by atoms with E-state index in [1.807, 2.05) is 5.32 Å². The molecule has 3 rings (SSSR count). The predicted octanol–water partition coefficient (Wildman–Crippen LogP) is 2.29. The fraction of sp³-hybridized carbons (Fsp3) is 0.385. The van der Waals surface area contributed by atoms with E-state index in [-0.39, 0.29) is 18.7 Å². The maximum absolute atomic E-state index is 12.3. The summed E-state index contributed by atoms with van der Waals surface area (Å²) in [6.07, 6.45) is -4.12. The Kier molecular flexibility index (Phi) is 3.16. The largest absolute Gasteiger partial charge is 0.405 e. The second kappa shape index (κ2) is 4.66. The summed E-state index contributed by atoms with van der Waals surface area (Å²) in [6.45, 7) is -1.40. The summed E-state index contributed by atoms with van der Waals surface area (Å²) in [5.41, 5.74) is 0.590. The molecule has 4 nitrogen and oxygen atoms in total. The van der Waals surface area contributed by atoms with E-state index in [0.717, 1.165) is 16.7 Å². The lowest BCUT2D eigenvalue weighted by molar-refractivity contribution is -0.139. The van der Waals surface area contributed by atoms with Crippen LogP contribution in [0.2, 0.25) is 0 Å². The molecule has 1 saturated heterocycles. The van der Waals surface area contributed by atoms with Crippen LogP contribution >= 0.6 is 11.8 Å². The van der Waals surface area contributed by atoms with Gasteiger partial charge in [0.25, 0.3) is 5.91 Å². The Morgan fingerprint density at radius 2 is 2.10 bits per heavy atom. The van der Waals surface area contributed by atoms with Gasteiger partial charge >= 0.3 is 6.18 Å². The summed E-state index contributed by atoms with van der Waals surface area (Å²) in [4.78, 5) is 25.1. The van der Waals surface area contributed by atoms with Gasteiger partial charge in [-0.05, 0) is 18.6 Å². The molecule has 8 heteroatoms. The van der Waals surface area contributed by atoms with E-state index in [2.05, 4.69) is 0 Å². The van der Waals surface area contributed by atoms with Gasteiger partial charge in [-0.3, -0.25) is 14.5 Å². The molecule has 2 aliphatic rings. The Hall–Kier alpha value is -1.70. The number of amides is 2. The molecular formula is C13H11F3N2O2S. The number of para-hydroxylation sites is 1. The molecule has 0 spiro atoms. The SMILES string of the molecule is O=C1CC[C@@]2(C(=O)NCC(F)(F)F)Sc3ccccc3N12. The fourth-order valence-corrected chi connectivity index (χ4v) is 4.05. The van der Waals surface area contributed by atoms with Gasteiger partial charge in [0.15, 0.2) is 4.87 Å². The highest BCUT2D eigenvalue weighted by atomic mass is 32.2. The smallest absolute Gasteiger partial charge is 0.344 e. The molecule has 2 amide bonds. The van der Waals surface area contributed by atoms with Crippen LogP contribution in [0.5, 0.6) is 0 Å². The van der Waals surface area contributed by atoms with E-state index in [9.17, 15) is 22.8 Å². The van der Waals surface area contributed by atoms with Crippen molar-refractivity contribution in [1.29, 1.82) is 0 Å². The topological polar surface area (TPSA) is 49.4 Å². The van der Waals surface area contributed by atoms with Crippen molar-refractivity contribution in [2.45, 2.75) is 28.8 Å². The third-order valence-electron chi connectivity index (χ3n) is 3.48. The van der Waals surface area contributed by atoms with Gasteiger partial charge in [-0.15, -0.1) is 0 Å². The number of hydrogen-bond acceptors (Lipinski definition) is 3. The third-order valence-corrected chi connectivity index (χ3v) is 4.95. The number of benzene rings is 1. The molecule has 0 aromatic heterocycles. The summed E-state index contributed by atoms with van der Waals surface area (Å²) < 4.78 is 36.8. The fourth-order valence-electron chi connectivity index (χ4n) is 2.62. The summed E-state index contributed by atoms with van der Waals surface area (Å²) in [5, 5.41) is 1.90. The molecule has 2 aliphatic heterocycles. The number of nitrogens with zero attached hydrogens (tertiary/aromatic N) is 1. The van der Waals surface area contributed by atoms with Crippen LogP contribution in [0, 0.1) is 0 Å². The Bertz CT molecular complexity index is 620. The van der Waals surface area contributed by atoms with Crippen LogP contribution < -0.4 is 10.2 Å². The first-order chi connectivity index (χ1) is 9.83. The van der Waals surface area contributed by atoms with Gasteiger partial charge in [0, 0.05) is 11.3 Å². The molecule has 0 saturated carbocycles. The highest BCUT2D eigenvalue weighted by Gasteiger charge is 2.57. The van der Waals surface area contributed by atoms with Gasteiger partial charge in [0.05, 0.1) is 5.69 Å². The minimum atomic E-state index is -4.48. The molecule has 1 atom stereocenters. The number of thioether (sulfide) groups is 1. The monoisotopic (exact) mass is 316 g/mol. The van der Waals surface area contributed by atoms with Crippen LogP contribution in [0.15, 0.2) is 29.2 Å². The Morgan fingerprint density at radius 1 is 1.38 bits per heavy atom. The first-order valence-corrected chi connectivity index (χ1v) is 7.11. The highest BCUT2D eigenvalue weighted by Crippen LogP contribution is 2.55. The molecule has 1 N–H and O–H groups in total. The highest BCUT2D eigenvalue weighted by molar-refractivity contribution is 8.02. The molecule has 0 bridgehead atoms. The number of halogens is 3. The van der Waals surface area contributed by atoms with E-state index >= 15 is 0 Å². The zero-order valence-electron chi connectivity index (χ0n) is 10.7. The number of rotatable bonds is 2. The van der Waals surface area contributed by atoms with E-state index in [1.54, 1.807) is 24.3 Å². The minimum Gasteiger partial charge on any atom is -0.344 e. The van der Waals surface area contributed by atoms with Crippen LogP contribution in [-0.2, 0) is 9.59 Å². The number of carbonyl (C=O) groups is 2. The number of carbonyl (C=O) groups excluding carboxylic acids is 2. The van der Waals surface area contributed by atoms with Crippen LogP contribution in [-0.4, -0.2) is 29.4 Å². The zero-order chi connectivity index (χ0) is 15.3. The molecule has 1 fully saturated rings. The van der Waals surface area contributed by atoms with E-state index in [1.165, 1.54) is 4.90 Å². The van der Waals surface area contributed by atoms with Crippen molar-refractivity contribution in [3.8, 4) is 0 Å². The van der Waals surface area contributed by atoms with Gasteiger partial charge < -0.3 is 5.32 Å². The molecule has 0 radical (unpaired) electrons. The van der Waals surface area contributed by atoms with Crippen molar-refractivity contribution in [2.75, 3.05) is 11.4 Å². The summed E-state index contributed by atoms with van der Waals surface area (Å²) in [5.74, 6) is -1.01. The lowest BCUT2D eigenvalue weighted by Crippen LogP contribution is -2.53. The zero-order valence-corrected chi connectivity index (χ0v) is 11.6. The van der Waals surface area contributed by atoms with Crippen LogP contribution in [0.1, 0.15) is 12.8 Å². The lowest BCUT2D eigenvalue weighted by atomic mass is 10.2. The molecular weight excluding hydrogens is 305 g/mol. The van der Waals surface area contributed by atoms with Crippen LogP contribution in [0.3, 0.4) is 0 Å². The van der Waals surface area contributed by atoms with Crippen molar-refractivity contribution < 1.29 is 22.8 Å². The number of nitrogens with one attached hydrogen (secondary N) is 1. The second-order valence-corrected chi connectivity index (χ2v) is 6.20. The van der Waals surface area contributed by atoms with E-state index in [4.69, 9.17) is 0 Å². The lowest BCUT2D eigenvalue weighted by Gasteiger charge is -2.29. The summed E-state index contributed by atoms with van der Waals surface area (Å²) >= 11 is 1.14. The first-order valence-electron chi connectivity index (χ1n) is 6.30. The Balaban J connectivity index is 1.90. The van der Waals surface area contributed by atoms with Crippen LogP contribution in [0.25, 0.3) is 0 Å². The maximum Gasteiger partial charge on any atom is 0.405 e. The van der Waals surface area contributed by atoms with Gasteiger partial charge in [0.2, 0.25) is 5.91 Å². The standard InChI is InChI=1S/C13H11F3N2O2S/c14-13(15,16)7-17-11(20)12-6-5-10(19)18(12)8-3-1-2-4-9(8)21-12/h1-4H,5-7H2,(H,17,20)/t12-/m0/s1. The first kappa shape index (κ1) is 14.2. The molecule has 1 aromatic carbocycles. The van der Waals surface area contributed by atoms with Gasteiger partial charge in [-0.2, -0.15) is 13.2 Å². The summed E-state index contributed by atoms with van der Waals surface area (Å²) in [7, 11) is 0. The number of hydrogen-bond donors (Lipinski definition) is 1. The predicted molar refractivity (Wildman–Crippen MR) is 70.8 cm³/mol. The Labute approximate surface area is 122 Å². The molecule has 2 heterocycles. The molecule has 21 heavy (non-hydrogen) atoms. The number of fused-ring (bicyclic) bond motifs is 3. The molecule has 0 unspecified atom stereocenters. The van der Waals surface area contributed by atoms with Crippen molar-refractivity contribution in [3.05, 3.63) is 24.3 Å². The average molecular weight is 316 g/mol. The van der Waals surface area contributed by atoms with E-state index < -0.39 is 23.5 Å². The van der Waals surface area contributed by atoms with Crippen molar-refractivity contribution >= 4 is 29.3 Å². The van der Waals surface area contributed by atoms with Gasteiger partial charge in [0.1, 0.15) is 6.54 Å². The normalized spacial score (nSPS) is 24.0. The molecule has 1 aromatic rings.